The number of alkyl halides is 3. The Morgan fingerprint density at radius 3 is 2.08 bits per heavy atom. The van der Waals surface area contributed by atoms with Crippen molar-refractivity contribution in [3.05, 3.63) is 40.4 Å². The van der Waals surface area contributed by atoms with Crippen molar-refractivity contribution < 1.29 is 22.8 Å². The third kappa shape index (κ3) is 2.19. The van der Waals surface area contributed by atoms with Crippen LogP contribution in [0.5, 0.6) is 0 Å². The Kier molecular flexibility index (Phi) is 3.37. The lowest BCUT2D eigenvalue weighted by atomic mass is 9.73. The molecule has 0 aromatic heterocycles. The van der Waals surface area contributed by atoms with E-state index in [-0.39, 0.29) is 10.2 Å². The molecule has 3 unspecified atom stereocenters. The molecule has 2 bridgehead atoms. The van der Waals surface area contributed by atoms with E-state index < -0.39 is 44.9 Å². The van der Waals surface area contributed by atoms with E-state index >= 15 is 0 Å². The van der Waals surface area contributed by atoms with Crippen LogP contribution in [0.15, 0.2) is 34.8 Å². The number of benzene rings is 1. The van der Waals surface area contributed by atoms with Gasteiger partial charge in [-0.05, 0) is 32.0 Å². The van der Waals surface area contributed by atoms with Crippen molar-refractivity contribution in [3.8, 4) is 0 Å². The molecule has 4 rings (SSSR count). The molecule has 0 radical (unpaired) electrons. The van der Waals surface area contributed by atoms with Crippen LogP contribution in [-0.4, -0.2) is 21.3 Å². The molecular weight excluding hydrogens is 419 g/mol. The molecule has 3 aliphatic heterocycles. The van der Waals surface area contributed by atoms with Crippen molar-refractivity contribution in [2.45, 2.75) is 29.5 Å². The minimum Gasteiger partial charge on any atom is -0.274 e. The highest BCUT2D eigenvalue weighted by molar-refractivity contribution is 9.10. The molecule has 2 amide bonds. The summed E-state index contributed by atoms with van der Waals surface area (Å²) in [5, 5.41) is 0. The predicted octanol–water partition coefficient (Wildman–Crippen LogP) is 4.41. The second-order valence-electron chi connectivity index (χ2n) is 6.93. The molecule has 3 heterocycles. The third-order valence-electron chi connectivity index (χ3n) is 5.24. The van der Waals surface area contributed by atoms with Gasteiger partial charge in [0.25, 0.3) is 0 Å². The fraction of sp³-hybridized carbons (Fsp3) is 0.412. The van der Waals surface area contributed by atoms with Crippen molar-refractivity contribution in [2.24, 2.45) is 11.8 Å². The number of hydrogen-bond donors (Lipinski definition) is 0. The summed E-state index contributed by atoms with van der Waals surface area (Å²) < 4.78 is 38.4. The summed E-state index contributed by atoms with van der Waals surface area (Å²) >= 11 is 4.45. The first-order valence-electron chi connectivity index (χ1n) is 7.63. The number of rotatable bonds is 1. The second kappa shape index (κ2) is 4.91. The summed E-state index contributed by atoms with van der Waals surface area (Å²) in [6.07, 6.45) is -0.697. The summed E-state index contributed by atoms with van der Waals surface area (Å²) in [7, 11) is 0. The summed E-state index contributed by atoms with van der Waals surface area (Å²) in [5.41, 5.74) is -0.938. The predicted molar refractivity (Wildman–Crippen MR) is 92.2 cm³/mol. The normalized spacial score (nSPS) is 36.5. The lowest BCUT2D eigenvalue weighted by molar-refractivity contribution is -0.138. The quantitative estimate of drug-likeness (QED) is 0.488. The molecule has 0 aliphatic carbocycles. The van der Waals surface area contributed by atoms with Gasteiger partial charge in [0.2, 0.25) is 11.8 Å². The van der Waals surface area contributed by atoms with Gasteiger partial charge in [-0.15, -0.1) is 11.8 Å². The summed E-state index contributed by atoms with van der Waals surface area (Å²) in [6, 6.07) is 3.44. The van der Waals surface area contributed by atoms with Crippen molar-refractivity contribution in [3.63, 3.8) is 0 Å². The number of carbonyl (C=O) groups excluding carboxylic acids is 2. The maximum Gasteiger partial charge on any atom is 0.417 e. The van der Waals surface area contributed by atoms with Crippen molar-refractivity contribution in [1.29, 1.82) is 0 Å². The van der Waals surface area contributed by atoms with Crippen LogP contribution in [0.25, 0.3) is 0 Å². The molecule has 1 aromatic carbocycles. The Bertz CT molecular complexity index is 819. The van der Waals surface area contributed by atoms with Gasteiger partial charge in [0.05, 0.1) is 23.1 Å². The number of thioether (sulfide) groups is 1. The Labute approximate surface area is 154 Å². The van der Waals surface area contributed by atoms with E-state index in [1.165, 1.54) is 12.1 Å². The summed E-state index contributed by atoms with van der Waals surface area (Å²) in [6.45, 7) is 3.81. The minimum atomic E-state index is -4.58. The van der Waals surface area contributed by atoms with Gasteiger partial charge in [-0.1, -0.05) is 28.1 Å². The van der Waals surface area contributed by atoms with E-state index in [1.807, 2.05) is 26.0 Å². The SMILES string of the molecule is CC12C=CC(C)(S1)[C@H]1C(=O)N(c3ccc(Br)c(C(F)(F)F)c3)C(=O)C12. The first-order valence-corrected chi connectivity index (χ1v) is 9.24. The Morgan fingerprint density at radius 1 is 1.08 bits per heavy atom. The smallest absolute Gasteiger partial charge is 0.274 e. The number of imide groups is 1. The van der Waals surface area contributed by atoms with Gasteiger partial charge < -0.3 is 0 Å². The van der Waals surface area contributed by atoms with Crippen LogP contribution >= 0.6 is 27.7 Å². The minimum absolute atomic E-state index is 0.0310. The lowest BCUT2D eigenvalue weighted by Gasteiger charge is -2.24. The van der Waals surface area contributed by atoms with Gasteiger partial charge in [-0.2, -0.15) is 13.2 Å². The second-order valence-corrected chi connectivity index (χ2v) is 9.75. The first-order chi connectivity index (χ1) is 11.5. The Balaban J connectivity index is 1.80. The maximum absolute atomic E-state index is 13.2. The Morgan fingerprint density at radius 2 is 1.60 bits per heavy atom. The Hall–Kier alpha value is -1.28. The fourth-order valence-electron chi connectivity index (χ4n) is 4.16. The van der Waals surface area contributed by atoms with E-state index in [9.17, 15) is 22.8 Å². The largest absolute Gasteiger partial charge is 0.417 e. The van der Waals surface area contributed by atoms with Crippen LogP contribution in [0.3, 0.4) is 0 Å². The highest BCUT2D eigenvalue weighted by atomic mass is 79.9. The topological polar surface area (TPSA) is 37.4 Å². The van der Waals surface area contributed by atoms with Crippen LogP contribution in [0.4, 0.5) is 18.9 Å². The molecule has 3 aliphatic rings. The van der Waals surface area contributed by atoms with E-state index in [0.717, 1.165) is 11.0 Å². The molecule has 25 heavy (non-hydrogen) atoms. The van der Waals surface area contributed by atoms with E-state index in [4.69, 9.17) is 0 Å². The zero-order valence-electron chi connectivity index (χ0n) is 13.2. The summed E-state index contributed by atoms with van der Waals surface area (Å²) in [4.78, 5) is 26.8. The van der Waals surface area contributed by atoms with Crippen LogP contribution in [0.2, 0.25) is 0 Å². The molecule has 0 N–H and O–H groups in total. The van der Waals surface area contributed by atoms with Crippen molar-refractivity contribution >= 4 is 45.2 Å². The number of carbonyl (C=O) groups is 2. The monoisotopic (exact) mass is 431 g/mol. The number of halogens is 4. The highest BCUT2D eigenvalue weighted by Crippen LogP contribution is 2.66. The average Bonchev–Trinajstić information content (AvgIpc) is 3.04. The van der Waals surface area contributed by atoms with E-state index in [2.05, 4.69) is 15.9 Å². The lowest BCUT2D eigenvalue weighted by Crippen LogP contribution is -2.36. The third-order valence-corrected chi connectivity index (χ3v) is 7.59. The molecule has 4 atom stereocenters. The van der Waals surface area contributed by atoms with Gasteiger partial charge in [-0.3, -0.25) is 9.59 Å². The average molecular weight is 432 g/mol. The molecule has 1 aromatic rings. The van der Waals surface area contributed by atoms with Gasteiger partial charge in [-0.25, -0.2) is 4.90 Å². The molecule has 8 heteroatoms. The number of anilines is 1. The van der Waals surface area contributed by atoms with E-state index in [1.54, 1.807) is 11.8 Å². The molecule has 2 fully saturated rings. The molecule has 3 nitrogen and oxygen atoms in total. The number of amides is 2. The molecule has 0 saturated carbocycles. The highest BCUT2D eigenvalue weighted by Gasteiger charge is 2.69. The van der Waals surface area contributed by atoms with Gasteiger partial charge in [0.1, 0.15) is 0 Å². The van der Waals surface area contributed by atoms with E-state index in [0.29, 0.717) is 0 Å². The zero-order valence-corrected chi connectivity index (χ0v) is 15.6. The van der Waals surface area contributed by atoms with Gasteiger partial charge >= 0.3 is 6.18 Å². The molecular formula is C17H13BrF3NO2S. The van der Waals surface area contributed by atoms with Crippen LogP contribution in [0, 0.1) is 11.8 Å². The molecule has 0 spiro atoms. The molecule has 132 valence electrons. The molecule has 2 saturated heterocycles. The standard InChI is InChI=1S/C17H13BrF3NO2S/c1-15-5-6-16(2,25-15)12-11(15)13(23)22(14(12)24)8-3-4-10(18)9(7-8)17(19,20)21/h3-7,11-12H,1-2H3/t11-,12?,15?,16?/m1/s1. The van der Waals surface area contributed by atoms with Crippen molar-refractivity contribution in [2.75, 3.05) is 4.90 Å². The van der Waals surface area contributed by atoms with Crippen molar-refractivity contribution in [1.82, 2.24) is 0 Å². The van der Waals surface area contributed by atoms with Crippen LogP contribution in [0.1, 0.15) is 19.4 Å². The fourth-order valence-corrected chi connectivity index (χ4v) is 6.57. The van der Waals surface area contributed by atoms with Crippen LogP contribution in [-0.2, 0) is 15.8 Å². The van der Waals surface area contributed by atoms with Gasteiger partial charge in [0.15, 0.2) is 0 Å². The summed E-state index contributed by atoms with van der Waals surface area (Å²) in [5.74, 6) is -1.93. The maximum atomic E-state index is 13.2. The number of fused-ring (bicyclic) bond motifs is 5. The first kappa shape index (κ1) is 17.1. The van der Waals surface area contributed by atoms with Gasteiger partial charge in [0, 0.05) is 14.0 Å². The zero-order chi connectivity index (χ0) is 18.4. The number of hydrogen-bond acceptors (Lipinski definition) is 3. The van der Waals surface area contributed by atoms with Crippen LogP contribution < -0.4 is 4.90 Å². The number of nitrogens with zero attached hydrogens (tertiary/aromatic N) is 1.